The normalized spacial score (nSPS) is 20.7. The summed E-state index contributed by atoms with van der Waals surface area (Å²) in [6, 6.07) is 2.07. The lowest BCUT2D eigenvalue weighted by Crippen LogP contribution is -2.38. The van der Waals surface area contributed by atoms with Crippen molar-refractivity contribution >= 4 is 6.09 Å². The largest absolute Gasteiger partial charge is 0.444 e. The molecule has 2 atom stereocenters. The summed E-state index contributed by atoms with van der Waals surface area (Å²) >= 11 is 0. The molecule has 6 nitrogen and oxygen atoms in total. The van der Waals surface area contributed by atoms with E-state index < -0.39 is 30.5 Å². The summed E-state index contributed by atoms with van der Waals surface area (Å²) in [6.07, 6.45) is -1.44. The maximum Gasteiger partial charge on any atom is 0.408 e. The van der Waals surface area contributed by atoms with Crippen LogP contribution in [0.4, 0.5) is 13.6 Å². The van der Waals surface area contributed by atoms with Crippen LogP contribution in [0.15, 0.2) is 12.1 Å². The first kappa shape index (κ1) is 16.4. The fourth-order valence-corrected chi connectivity index (χ4v) is 2.23. The number of fused-ring (bicyclic) bond motifs is 1. The second kappa shape index (κ2) is 6.04. The fraction of sp³-hybridized carbons (Fsp3) is 0.571. The van der Waals surface area contributed by atoms with E-state index in [1.165, 1.54) is 12.1 Å². The van der Waals surface area contributed by atoms with Crippen LogP contribution in [0.5, 0.6) is 5.88 Å². The Kier molecular flexibility index (Phi) is 4.50. The van der Waals surface area contributed by atoms with E-state index in [0.717, 1.165) is 0 Å². The number of rotatable bonds is 3. The third-order valence-electron chi connectivity index (χ3n) is 2.99. The van der Waals surface area contributed by atoms with Crippen LogP contribution in [-0.4, -0.2) is 34.5 Å². The summed E-state index contributed by atoms with van der Waals surface area (Å²) in [7, 11) is 0. The molecule has 1 amide bonds. The Hall–Kier alpha value is -1.96. The molecule has 1 aromatic rings. The van der Waals surface area contributed by atoms with E-state index in [1.54, 1.807) is 20.8 Å². The molecule has 8 heteroatoms. The van der Waals surface area contributed by atoms with Crippen molar-refractivity contribution in [1.82, 2.24) is 10.3 Å². The van der Waals surface area contributed by atoms with Crippen LogP contribution in [0.2, 0.25) is 0 Å². The monoisotopic (exact) mass is 316 g/mol. The number of aromatic nitrogens is 1. The van der Waals surface area contributed by atoms with Gasteiger partial charge in [0.1, 0.15) is 5.60 Å². The van der Waals surface area contributed by atoms with Gasteiger partial charge in [-0.15, -0.1) is 0 Å². The van der Waals surface area contributed by atoms with Gasteiger partial charge in [-0.2, -0.15) is 8.78 Å². The van der Waals surface area contributed by atoms with Crippen molar-refractivity contribution < 1.29 is 28.2 Å². The summed E-state index contributed by atoms with van der Waals surface area (Å²) in [5.41, 5.74) is 0.302. The fourth-order valence-electron chi connectivity index (χ4n) is 2.23. The Morgan fingerprint density at radius 1 is 1.45 bits per heavy atom. The van der Waals surface area contributed by atoms with Crippen LogP contribution in [0, 0.1) is 0 Å². The number of aliphatic hydroxyl groups excluding tert-OH is 1. The number of nitrogens with zero attached hydrogens (tertiary/aromatic N) is 1. The number of carbonyl (C=O) groups excluding carboxylic acids is 1. The molecule has 0 radical (unpaired) electrons. The number of ether oxygens (including phenoxy) is 2. The van der Waals surface area contributed by atoms with Gasteiger partial charge in [0.25, 0.3) is 0 Å². The molecule has 0 fully saturated rings. The molecule has 0 saturated carbocycles. The Bertz CT molecular complexity index is 560. The molecule has 1 aliphatic carbocycles. The van der Waals surface area contributed by atoms with E-state index in [0.29, 0.717) is 11.3 Å². The summed E-state index contributed by atoms with van der Waals surface area (Å²) in [5, 5.41) is 12.6. The molecule has 0 aromatic carbocycles. The summed E-state index contributed by atoms with van der Waals surface area (Å²) in [4.78, 5) is 15.7. The van der Waals surface area contributed by atoms with E-state index in [-0.39, 0.29) is 12.3 Å². The number of carbonyl (C=O) groups is 1. The first-order chi connectivity index (χ1) is 10.2. The number of halogens is 2. The molecule has 0 spiro atoms. The van der Waals surface area contributed by atoms with Crippen molar-refractivity contribution in [2.75, 3.05) is 0 Å². The van der Waals surface area contributed by atoms with Crippen molar-refractivity contribution in [3.05, 3.63) is 23.4 Å². The van der Waals surface area contributed by atoms with Crippen molar-refractivity contribution in [2.45, 2.75) is 51.6 Å². The molecule has 0 aliphatic heterocycles. The van der Waals surface area contributed by atoms with Crippen LogP contribution < -0.4 is 10.1 Å². The van der Waals surface area contributed by atoms with Crippen LogP contribution in [0.25, 0.3) is 0 Å². The maximum atomic E-state index is 12.2. The quantitative estimate of drug-likeness (QED) is 0.893. The van der Waals surface area contributed by atoms with Crippen molar-refractivity contribution in [2.24, 2.45) is 0 Å². The predicted octanol–water partition coefficient (Wildman–Crippen LogP) is 2.17. The number of hydrogen-bond acceptors (Lipinski definition) is 5. The number of amides is 1. The highest BCUT2D eigenvalue weighted by Gasteiger charge is 2.35. The minimum absolute atomic E-state index is 0.135. The standard InChI is InChI=1S/C14H18F2N2O4/c1-14(2,3)22-13(20)18-11-7-4-5-10(21-12(15)16)17-8(7)6-9(11)19/h4-5,9,11-12,19H,6H2,1-3H3,(H,18,20)/t9-,11+/m0/s1. The first-order valence-corrected chi connectivity index (χ1v) is 6.78. The van der Waals surface area contributed by atoms with Gasteiger partial charge in [0.2, 0.25) is 5.88 Å². The zero-order chi connectivity index (χ0) is 16.5. The van der Waals surface area contributed by atoms with E-state index >= 15 is 0 Å². The zero-order valence-corrected chi connectivity index (χ0v) is 12.5. The highest BCUT2D eigenvalue weighted by Crippen LogP contribution is 2.32. The highest BCUT2D eigenvalue weighted by atomic mass is 19.3. The third-order valence-corrected chi connectivity index (χ3v) is 2.99. The Morgan fingerprint density at radius 3 is 2.73 bits per heavy atom. The number of alkyl carbamates (subject to hydrolysis) is 1. The molecular weight excluding hydrogens is 298 g/mol. The van der Waals surface area contributed by atoms with E-state index in [1.807, 2.05) is 0 Å². The molecular formula is C14H18F2N2O4. The van der Waals surface area contributed by atoms with Gasteiger partial charge in [0.15, 0.2) is 0 Å². The summed E-state index contributed by atoms with van der Waals surface area (Å²) in [5.74, 6) is -0.223. The van der Waals surface area contributed by atoms with E-state index in [2.05, 4.69) is 15.0 Å². The lowest BCUT2D eigenvalue weighted by Gasteiger charge is -2.23. The van der Waals surface area contributed by atoms with Gasteiger partial charge in [-0.1, -0.05) is 0 Å². The summed E-state index contributed by atoms with van der Waals surface area (Å²) < 4.78 is 33.7. The number of pyridine rings is 1. The highest BCUT2D eigenvalue weighted by molar-refractivity contribution is 5.69. The lowest BCUT2D eigenvalue weighted by molar-refractivity contribution is -0.0529. The summed E-state index contributed by atoms with van der Waals surface area (Å²) in [6.45, 7) is 2.20. The second-order valence-corrected chi connectivity index (χ2v) is 5.96. The number of aliphatic hydroxyl groups is 1. The molecule has 0 bridgehead atoms. The average Bonchev–Trinajstić information content (AvgIpc) is 2.62. The lowest BCUT2D eigenvalue weighted by atomic mass is 10.1. The molecule has 2 rings (SSSR count). The molecule has 22 heavy (non-hydrogen) atoms. The van der Waals surface area contributed by atoms with Crippen molar-refractivity contribution in [3.8, 4) is 5.88 Å². The molecule has 1 heterocycles. The van der Waals surface area contributed by atoms with Gasteiger partial charge in [-0.05, 0) is 32.4 Å². The molecule has 2 N–H and O–H groups in total. The van der Waals surface area contributed by atoms with Crippen LogP contribution in [0.3, 0.4) is 0 Å². The third kappa shape index (κ3) is 4.03. The Morgan fingerprint density at radius 2 is 2.14 bits per heavy atom. The maximum absolute atomic E-state index is 12.2. The first-order valence-electron chi connectivity index (χ1n) is 6.78. The van der Waals surface area contributed by atoms with Crippen molar-refractivity contribution in [3.63, 3.8) is 0 Å². The molecule has 1 aromatic heterocycles. The van der Waals surface area contributed by atoms with Gasteiger partial charge in [-0.25, -0.2) is 9.78 Å². The average molecular weight is 316 g/mol. The Balaban J connectivity index is 2.12. The van der Waals surface area contributed by atoms with Gasteiger partial charge in [-0.3, -0.25) is 0 Å². The molecule has 1 aliphatic rings. The van der Waals surface area contributed by atoms with Crippen molar-refractivity contribution in [1.29, 1.82) is 0 Å². The minimum atomic E-state index is -2.97. The smallest absolute Gasteiger partial charge is 0.408 e. The molecule has 0 unspecified atom stereocenters. The SMILES string of the molecule is CC(C)(C)OC(=O)N[C@@H]1c2ccc(OC(F)F)nc2C[C@@H]1O. The van der Waals surface area contributed by atoms with E-state index in [9.17, 15) is 18.7 Å². The topological polar surface area (TPSA) is 80.7 Å². The van der Waals surface area contributed by atoms with Crippen LogP contribution >= 0.6 is 0 Å². The minimum Gasteiger partial charge on any atom is -0.444 e. The predicted molar refractivity (Wildman–Crippen MR) is 72.7 cm³/mol. The molecule has 122 valence electrons. The Labute approximate surface area is 126 Å². The van der Waals surface area contributed by atoms with Gasteiger partial charge < -0.3 is 19.9 Å². The zero-order valence-electron chi connectivity index (χ0n) is 12.5. The number of alkyl halides is 2. The van der Waals surface area contributed by atoms with Gasteiger partial charge in [0.05, 0.1) is 17.8 Å². The number of nitrogens with one attached hydrogen (secondary N) is 1. The second-order valence-electron chi connectivity index (χ2n) is 5.96. The van der Waals surface area contributed by atoms with E-state index in [4.69, 9.17) is 4.74 Å². The van der Waals surface area contributed by atoms with Gasteiger partial charge >= 0.3 is 12.7 Å². The molecule has 0 saturated heterocycles. The number of hydrogen-bond donors (Lipinski definition) is 2. The van der Waals surface area contributed by atoms with Crippen LogP contribution in [0.1, 0.15) is 38.1 Å². The van der Waals surface area contributed by atoms with Crippen LogP contribution in [-0.2, 0) is 11.2 Å². The van der Waals surface area contributed by atoms with Gasteiger partial charge in [0, 0.05) is 12.5 Å².